The molecule has 0 heterocycles. The summed E-state index contributed by atoms with van der Waals surface area (Å²) in [5.41, 5.74) is 2.40. The molecule has 0 aliphatic heterocycles. The zero-order valence-electron chi connectivity index (χ0n) is 16.7. The Hall–Kier alpha value is -2.49. The third-order valence-electron chi connectivity index (χ3n) is 4.75. The van der Waals surface area contributed by atoms with Crippen molar-refractivity contribution in [1.82, 2.24) is 0 Å². The number of hydrogen-bond acceptors (Lipinski definition) is 4. The van der Waals surface area contributed by atoms with E-state index in [9.17, 15) is 4.79 Å². The Morgan fingerprint density at radius 1 is 0.852 bits per heavy atom. The molecule has 0 N–H and O–H groups in total. The van der Waals surface area contributed by atoms with Crippen molar-refractivity contribution in [2.75, 3.05) is 14.2 Å². The Balaban J connectivity index is 2.13. The fourth-order valence-corrected chi connectivity index (χ4v) is 3.10. The monoisotopic (exact) mass is 370 g/mol. The van der Waals surface area contributed by atoms with Crippen molar-refractivity contribution in [3.05, 3.63) is 59.7 Å². The molecule has 0 fully saturated rings. The fourth-order valence-electron chi connectivity index (χ4n) is 3.10. The van der Waals surface area contributed by atoms with Gasteiger partial charge in [0.1, 0.15) is 17.6 Å². The van der Waals surface area contributed by atoms with Gasteiger partial charge in [0.15, 0.2) is 0 Å². The van der Waals surface area contributed by atoms with E-state index in [4.69, 9.17) is 14.2 Å². The van der Waals surface area contributed by atoms with Gasteiger partial charge in [0.2, 0.25) is 0 Å². The number of rotatable bonds is 10. The number of ether oxygens (including phenoxy) is 3. The van der Waals surface area contributed by atoms with Gasteiger partial charge in [0, 0.05) is 12.3 Å². The summed E-state index contributed by atoms with van der Waals surface area (Å²) in [4.78, 5) is 12.0. The first-order chi connectivity index (χ1) is 13.0. The molecule has 2 aromatic carbocycles. The highest BCUT2D eigenvalue weighted by Crippen LogP contribution is 2.23. The summed E-state index contributed by atoms with van der Waals surface area (Å²) in [5.74, 6) is 1.74. The highest BCUT2D eigenvalue weighted by atomic mass is 16.5. The average Bonchev–Trinajstić information content (AvgIpc) is 2.68. The molecular formula is C23H30O4. The molecule has 27 heavy (non-hydrogen) atoms. The lowest BCUT2D eigenvalue weighted by Crippen LogP contribution is -2.27. The van der Waals surface area contributed by atoms with E-state index < -0.39 is 0 Å². The van der Waals surface area contributed by atoms with E-state index in [1.807, 2.05) is 38.1 Å². The molecule has 0 saturated heterocycles. The van der Waals surface area contributed by atoms with Crippen molar-refractivity contribution >= 4 is 5.97 Å². The third-order valence-corrected chi connectivity index (χ3v) is 4.75. The molecule has 2 aromatic rings. The summed E-state index contributed by atoms with van der Waals surface area (Å²) in [6.07, 6.45) is 2.76. The van der Waals surface area contributed by atoms with Gasteiger partial charge in [0.25, 0.3) is 0 Å². The molecule has 0 amide bonds. The Labute approximate surface area is 162 Å². The minimum absolute atomic E-state index is 0.125. The topological polar surface area (TPSA) is 44.8 Å². The Morgan fingerprint density at radius 3 is 1.67 bits per heavy atom. The molecular weight excluding hydrogens is 340 g/mol. The van der Waals surface area contributed by atoms with Crippen molar-refractivity contribution in [2.45, 2.75) is 45.6 Å². The molecule has 4 heteroatoms. The van der Waals surface area contributed by atoms with E-state index in [0.29, 0.717) is 6.42 Å². The number of methoxy groups -OCH3 is 2. The molecule has 0 saturated carbocycles. The van der Waals surface area contributed by atoms with E-state index >= 15 is 0 Å². The largest absolute Gasteiger partial charge is 0.497 e. The summed E-state index contributed by atoms with van der Waals surface area (Å²) < 4.78 is 16.2. The highest BCUT2D eigenvalue weighted by molar-refractivity contribution is 5.69. The maximum absolute atomic E-state index is 12.0. The predicted octanol–water partition coefficient (Wildman–Crippen LogP) is 4.84. The Bertz CT molecular complexity index is 642. The van der Waals surface area contributed by atoms with Crippen LogP contribution in [-0.2, 0) is 22.4 Å². The predicted molar refractivity (Wildman–Crippen MR) is 107 cm³/mol. The lowest BCUT2D eigenvalue weighted by atomic mass is 9.88. The fraction of sp³-hybridized carbons (Fsp3) is 0.435. The zero-order chi connectivity index (χ0) is 19.6. The smallest absolute Gasteiger partial charge is 0.306 e. The molecule has 1 atom stereocenters. The van der Waals surface area contributed by atoms with Crippen LogP contribution in [0.25, 0.3) is 0 Å². The van der Waals surface area contributed by atoms with Crippen LogP contribution in [0.4, 0.5) is 0 Å². The first-order valence-corrected chi connectivity index (χ1v) is 9.51. The average molecular weight is 370 g/mol. The van der Waals surface area contributed by atoms with Crippen molar-refractivity contribution in [3.63, 3.8) is 0 Å². The number of hydrogen-bond donors (Lipinski definition) is 0. The quantitative estimate of drug-likeness (QED) is 0.562. The van der Waals surface area contributed by atoms with Gasteiger partial charge in [-0.25, -0.2) is 0 Å². The van der Waals surface area contributed by atoms with Gasteiger partial charge >= 0.3 is 5.97 Å². The van der Waals surface area contributed by atoms with Gasteiger partial charge in [-0.3, -0.25) is 4.79 Å². The maximum atomic E-state index is 12.0. The molecule has 0 bridgehead atoms. The van der Waals surface area contributed by atoms with Crippen LogP contribution in [-0.4, -0.2) is 26.3 Å². The Kier molecular flexibility index (Phi) is 8.18. The molecule has 2 rings (SSSR count). The van der Waals surface area contributed by atoms with Crippen LogP contribution in [0.5, 0.6) is 11.5 Å². The molecule has 146 valence electrons. The number of carbonyl (C=O) groups excluding carboxylic acids is 1. The van der Waals surface area contributed by atoms with Crippen molar-refractivity contribution in [3.8, 4) is 11.5 Å². The second kappa shape index (κ2) is 10.6. The van der Waals surface area contributed by atoms with Crippen molar-refractivity contribution < 1.29 is 19.0 Å². The van der Waals surface area contributed by atoms with Gasteiger partial charge in [-0.05, 0) is 61.6 Å². The van der Waals surface area contributed by atoms with Crippen LogP contribution >= 0.6 is 0 Å². The minimum Gasteiger partial charge on any atom is -0.497 e. The molecule has 4 nitrogen and oxygen atoms in total. The summed E-state index contributed by atoms with van der Waals surface area (Å²) in [6, 6.07) is 16.1. The third kappa shape index (κ3) is 6.63. The van der Waals surface area contributed by atoms with Gasteiger partial charge in [-0.1, -0.05) is 31.2 Å². The summed E-state index contributed by atoms with van der Waals surface area (Å²) in [6.45, 7) is 3.98. The van der Waals surface area contributed by atoms with E-state index in [-0.39, 0.29) is 18.0 Å². The lowest BCUT2D eigenvalue weighted by molar-refractivity contribution is -0.150. The first-order valence-electron chi connectivity index (χ1n) is 9.51. The van der Waals surface area contributed by atoms with Crippen LogP contribution in [0.2, 0.25) is 0 Å². The van der Waals surface area contributed by atoms with Crippen molar-refractivity contribution in [1.29, 1.82) is 0 Å². The highest BCUT2D eigenvalue weighted by Gasteiger charge is 2.22. The van der Waals surface area contributed by atoms with Crippen LogP contribution in [0, 0.1) is 5.92 Å². The Morgan fingerprint density at radius 2 is 1.30 bits per heavy atom. The van der Waals surface area contributed by atoms with Crippen LogP contribution in [0.3, 0.4) is 0 Å². The minimum atomic E-state index is -0.159. The zero-order valence-corrected chi connectivity index (χ0v) is 16.7. The summed E-state index contributed by atoms with van der Waals surface area (Å²) in [5, 5.41) is 0. The van der Waals surface area contributed by atoms with Gasteiger partial charge in [-0.15, -0.1) is 0 Å². The van der Waals surface area contributed by atoms with Gasteiger partial charge in [0.05, 0.1) is 14.2 Å². The summed E-state index contributed by atoms with van der Waals surface area (Å²) >= 11 is 0. The normalized spacial score (nSPS) is 11.9. The molecule has 0 spiro atoms. The SMILES string of the molecule is CCCC(=O)OC(C)C(Cc1ccc(OC)cc1)Cc1ccc(OC)cc1. The van der Waals surface area contributed by atoms with Gasteiger partial charge < -0.3 is 14.2 Å². The van der Waals surface area contributed by atoms with E-state index in [1.165, 1.54) is 11.1 Å². The summed E-state index contributed by atoms with van der Waals surface area (Å²) in [7, 11) is 3.33. The maximum Gasteiger partial charge on any atom is 0.306 e. The van der Waals surface area contributed by atoms with E-state index in [2.05, 4.69) is 24.3 Å². The van der Waals surface area contributed by atoms with Crippen molar-refractivity contribution in [2.24, 2.45) is 5.92 Å². The number of esters is 1. The lowest BCUT2D eigenvalue weighted by Gasteiger charge is -2.25. The molecule has 0 radical (unpaired) electrons. The number of carbonyl (C=O) groups is 1. The standard InChI is InChI=1S/C23H30O4/c1-5-6-23(24)27-17(2)20(15-18-7-11-21(25-3)12-8-18)16-19-9-13-22(26-4)14-10-19/h7-14,17,20H,5-6,15-16H2,1-4H3. The van der Waals surface area contributed by atoms with Crippen LogP contribution in [0.15, 0.2) is 48.5 Å². The molecule has 1 unspecified atom stereocenters. The van der Waals surface area contributed by atoms with E-state index in [1.54, 1.807) is 14.2 Å². The molecule has 0 aromatic heterocycles. The molecule has 0 aliphatic rings. The van der Waals surface area contributed by atoms with Crippen LogP contribution < -0.4 is 9.47 Å². The number of benzene rings is 2. The molecule has 0 aliphatic carbocycles. The second-order valence-electron chi connectivity index (χ2n) is 6.81. The van der Waals surface area contributed by atoms with E-state index in [0.717, 1.165) is 30.8 Å². The van der Waals surface area contributed by atoms with Gasteiger partial charge in [-0.2, -0.15) is 0 Å². The second-order valence-corrected chi connectivity index (χ2v) is 6.81. The van der Waals surface area contributed by atoms with Crippen LogP contribution in [0.1, 0.15) is 37.8 Å². The first kappa shape index (κ1) is 20.8.